The first kappa shape index (κ1) is 56.1. The van der Waals surface area contributed by atoms with E-state index in [-0.39, 0.29) is 45.8 Å². The fourth-order valence-corrected chi connectivity index (χ4v) is 9.43. The van der Waals surface area contributed by atoms with Crippen molar-refractivity contribution in [3.05, 3.63) is 128 Å². The Morgan fingerprint density at radius 2 is 0.903 bits per heavy atom. The SMILES string of the molecule is COCCC1(C(=O)NC(Cc2ccc(NC(=O)c3cc(C#N)ccc3Cl)cc2)C(=O)OC)CCCC1.COCCC1(C(=O)NC(Cc2ccc(NC(=O)c3cc(C#N)ccc3Cl)cc2)C(=O)OC)CCCC1. The molecular formula is C54H60Cl2N6O10. The third-order valence-corrected chi connectivity index (χ3v) is 13.9. The quantitative estimate of drug-likeness (QED) is 0.0610. The van der Waals surface area contributed by atoms with E-state index in [9.17, 15) is 28.8 Å². The first-order chi connectivity index (χ1) is 34.6. The summed E-state index contributed by atoms with van der Waals surface area (Å²) in [5.41, 5.74) is 2.60. The van der Waals surface area contributed by atoms with Gasteiger partial charge in [-0.1, -0.05) is 73.2 Å². The molecule has 0 spiro atoms. The Morgan fingerprint density at radius 3 is 1.21 bits per heavy atom. The largest absolute Gasteiger partial charge is 0.467 e. The van der Waals surface area contributed by atoms with Crippen LogP contribution in [0.3, 0.4) is 0 Å². The Hall–Kier alpha value is -6.82. The van der Waals surface area contributed by atoms with Gasteiger partial charge in [-0.15, -0.1) is 0 Å². The highest BCUT2D eigenvalue weighted by molar-refractivity contribution is 6.35. The van der Waals surface area contributed by atoms with Gasteiger partial charge in [-0.3, -0.25) is 19.2 Å². The molecular weight excluding hydrogens is 964 g/mol. The summed E-state index contributed by atoms with van der Waals surface area (Å²) in [6, 6.07) is 25.1. The normalized spacial score (nSPS) is 14.9. The van der Waals surface area contributed by atoms with Crippen molar-refractivity contribution in [2.24, 2.45) is 10.8 Å². The van der Waals surface area contributed by atoms with Crippen LogP contribution in [0.5, 0.6) is 0 Å². The molecule has 0 radical (unpaired) electrons. The Kier molecular flexibility index (Phi) is 21.1. The van der Waals surface area contributed by atoms with E-state index in [0.29, 0.717) is 48.6 Å². The van der Waals surface area contributed by atoms with Gasteiger partial charge in [0.2, 0.25) is 11.8 Å². The van der Waals surface area contributed by atoms with Gasteiger partial charge in [0.15, 0.2) is 0 Å². The lowest BCUT2D eigenvalue weighted by atomic mass is 9.81. The summed E-state index contributed by atoms with van der Waals surface area (Å²) in [5.74, 6) is -2.22. The smallest absolute Gasteiger partial charge is 0.328 e. The summed E-state index contributed by atoms with van der Waals surface area (Å²) < 4.78 is 20.3. The van der Waals surface area contributed by atoms with E-state index in [4.69, 9.17) is 52.7 Å². The topological polar surface area (TPSA) is 235 Å². The maximum absolute atomic E-state index is 13.2. The number of amides is 4. The number of methoxy groups -OCH3 is 4. The second-order valence-electron chi connectivity index (χ2n) is 17.9. The molecule has 0 aliphatic heterocycles. The second-order valence-corrected chi connectivity index (χ2v) is 18.7. The van der Waals surface area contributed by atoms with Gasteiger partial charge in [0.1, 0.15) is 12.1 Å². The van der Waals surface area contributed by atoms with Crippen LogP contribution in [0.15, 0.2) is 84.9 Å². The number of ether oxygens (including phenoxy) is 4. The van der Waals surface area contributed by atoms with Crippen molar-refractivity contribution in [2.45, 2.75) is 89.1 Å². The zero-order valence-corrected chi connectivity index (χ0v) is 42.4. The molecule has 16 nitrogen and oxygen atoms in total. The van der Waals surface area contributed by atoms with Crippen molar-refractivity contribution in [3.8, 4) is 12.1 Å². The summed E-state index contributed by atoms with van der Waals surface area (Å²) >= 11 is 12.2. The Morgan fingerprint density at radius 1 is 0.556 bits per heavy atom. The first-order valence-electron chi connectivity index (χ1n) is 23.6. The summed E-state index contributed by atoms with van der Waals surface area (Å²) in [5, 5.41) is 29.9. The number of rotatable bonds is 20. The number of esters is 2. The molecule has 2 atom stereocenters. The van der Waals surface area contributed by atoms with E-state index < -0.39 is 46.7 Å². The molecule has 4 amide bonds. The Bertz CT molecular complexity index is 2460. The van der Waals surface area contributed by atoms with Crippen LogP contribution in [0.25, 0.3) is 0 Å². The maximum Gasteiger partial charge on any atom is 0.328 e. The number of carbonyl (C=O) groups is 6. The van der Waals surface area contributed by atoms with E-state index in [1.54, 1.807) is 62.8 Å². The standard InChI is InChI=1S/2C27H30ClN3O5/c2*1-35-14-13-27(11-3-4-12-27)26(34)31-23(25(33)36-2)16-18-5-8-20(9-6-18)30-24(32)21-15-19(17-29)7-10-22(21)28/h2*5-10,15,23H,3-4,11-14,16H2,1-2H3,(H,30,32)(H,31,34). The number of hydrogen-bond donors (Lipinski definition) is 4. The fraction of sp³-hybridized carbons (Fsp3) is 0.407. The van der Waals surface area contributed by atoms with Gasteiger partial charge in [-0.05, 0) is 110 Å². The monoisotopic (exact) mass is 1020 g/mol. The zero-order chi connectivity index (χ0) is 52.3. The lowest BCUT2D eigenvalue weighted by Crippen LogP contribution is -2.49. The number of benzene rings is 4. The van der Waals surface area contributed by atoms with E-state index in [1.807, 2.05) is 12.1 Å². The third-order valence-electron chi connectivity index (χ3n) is 13.2. The van der Waals surface area contributed by atoms with Gasteiger partial charge >= 0.3 is 11.9 Å². The highest BCUT2D eigenvalue weighted by Gasteiger charge is 2.43. The fourth-order valence-electron chi connectivity index (χ4n) is 9.03. The van der Waals surface area contributed by atoms with Crippen LogP contribution >= 0.6 is 23.2 Å². The van der Waals surface area contributed by atoms with E-state index in [2.05, 4.69) is 21.3 Å². The number of carbonyl (C=O) groups excluding carboxylic acids is 6. The highest BCUT2D eigenvalue weighted by atomic mass is 35.5. The molecule has 0 aromatic heterocycles. The van der Waals surface area contributed by atoms with Crippen molar-refractivity contribution < 1.29 is 47.7 Å². The predicted octanol–water partition coefficient (Wildman–Crippen LogP) is 8.52. The highest BCUT2D eigenvalue weighted by Crippen LogP contribution is 2.42. The molecule has 6 rings (SSSR count). The summed E-state index contributed by atoms with van der Waals surface area (Å²) in [7, 11) is 5.81. The third kappa shape index (κ3) is 15.1. The molecule has 0 bridgehead atoms. The van der Waals surface area contributed by atoms with Crippen LogP contribution < -0.4 is 21.3 Å². The van der Waals surface area contributed by atoms with Crippen LogP contribution in [0, 0.1) is 33.5 Å². The minimum Gasteiger partial charge on any atom is -0.467 e. The minimum atomic E-state index is -0.838. The first-order valence-corrected chi connectivity index (χ1v) is 24.3. The van der Waals surface area contributed by atoms with Crippen molar-refractivity contribution in [2.75, 3.05) is 52.3 Å². The average Bonchev–Trinajstić information content (AvgIpc) is 4.10. The molecule has 4 N–H and O–H groups in total. The van der Waals surface area contributed by atoms with Crippen LogP contribution in [0.2, 0.25) is 10.0 Å². The molecule has 2 fully saturated rings. The van der Waals surface area contributed by atoms with Crippen LogP contribution in [-0.2, 0) is 51.0 Å². The van der Waals surface area contributed by atoms with Gasteiger partial charge < -0.3 is 40.2 Å². The van der Waals surface area contributed by atoms with Gasteiger partial charge in [-0.25, -0.2) is 9.59 Å². The predicted molar refractivity (Wildman–Crippen MR) is 271 cm³/mol. The Balaban J connectivity index is 0.000000267. The van der Waals surface area contributed by atoms with Crippen LogP contribution in [-0.4, -0.2) is 89.3 Å². The van der Waals surface area contributed by atoms with Crippen molar-refractivity contribution in [1.82, 2.24) is 10.6 Å². The number of nitriles is 2. The zero-order valence-electron chi connectivity index (χ0n) is 40.9. The van der Waals surface area contributed by atoms with Crippen LogP contribution in [0.1, 0.15) is 107 Å². The lowest BCUT2D eigenvalue weighted by Gasteiger charge is -2.29. The number of anilines is 2. The molecule has 18 heteroatoms. The van der Waals surface area contributed by atoms with Gasteiger partial charge in [-0.2, -0.15) is 10.5 Å². The summed E-state index contributed by atoms with van der Waals surface area (Å²) in [4.78, 5) is 76.7. The van der Waals surface area contributed by atoms with Gasteiger partial charge in [0.25, 0.3) is 11.8 Å². The number of halogens is 2. The molecule has 380 valence electrons. The number of hydrogen-bond acceptors (Lipinski definition) is 12. The lowest BCUT2D eigenvalue weighted by molar-refractivity contribution is -0.147. The number of nitrogens with zero attached hydrogens (tertiary/aromatic N) is 2. The molecule has 0 heterocycles. The molecule has 2 aliphatic rings. The molecule has 2 unspecified atom stereocenters. The maximum atomic E-state index is 13.2. The molecule has 72 heavy (non-hydrogen) atoms. The summed E-state index contributed by atoms with van der Waals surface area (Å²) in [6.45, 7) is 0.963. The van der Waals surface area contributed by atoms with Crippen LogP contribution in [0.4, 0.5) is 11.4 Å². The molecule has 2 aliphatic carbocycles. The van der Waals surface area contributed by atoms with Crippen molar-refractivity contribution in [3.63, 3.8) is 0 Å². The average molecular weight is 1020 g/mol. The molecule has 2 saturated carbocycles. The van der Waals surface area contributed by atoms with E-state index >= 15 is 0 Å². The molecule has 0 saturated heterocycles. The second kappa shape index (κ2) is 27.1. The van der Waals surface area contributed by atoms with E-state index in [0.717, 1.165) is 62.5 Å². The van der Waals surface area contributed by atoms with Crippen molar-refractivity contribution >= 4 is 70.1 Å². The van der Waals surface area contributed by atoms with Gasteiger partial charge in [0.05, 0.1) is 69.5 Å². The molecule has 4 aromatic carbocycles. The molecule has 4 aromatic rings. The summed E-state index contributed by atoms with van der Waals surface area (Å²) in [6.07, 6.45) is 8.66. The van der Waals surface area contributed by atoms with Gasteiger partial charge in [0, 0.05) is 51.6 Å². The number of nitrogens with one attached hydrogen (secondary N) is 4. The van der Waals surface area contributed by atoms with E-state index in [1.165, 1.54) is 50.6 Å². The minimum absolute atomic E-state index is 0.146. The van der Waals surface area contributed by atoms with Crippen molar-refractivity contribution in [1.29, 1.82) is 10.5 Å². The Labute approximate surface area is 430 Å².